The molecule has 1 fully saturated rings. The van der Waals surface area contributed by atoms with Crippen LogP contribution in [0.1, 0.15) is 25.7 Å². The first-order chi connectivity index (χ1) is 8.18. The Morgan fingerprint density at radius 2 is 2.29 bits per heavy atom. The molecule has 1 heterocycles. The van der Waals surface area contributed by atoms with Gasteiger partial charge >= 0.3 is 5.69 Å². The Labute approximate surface area is 104 Å². The van der Waals surface area contributed by atoms with E-state index < -0.39 is 4.92 Å². The van der Waals surface area contributed by atoms with Gasteiger partial charge in [0.05, 0.1) is 4.92 Å². The molecule has 7 heteroatoms. The lowest BCUT2D eigenvalue weighted by molar-refractivity contribution is -0.384. The number of hydrogen-bond donors (Lipinski definition) is 1. The van der Waals surface area contributed by atoms with Crippen molar-refractivity contribution in [2.24, 2.45) is 5.92 Å². The summed E-state index contributed by atoms with van der Waals surface area (Å²) in [5, 5.41) is 13.6. The van der Waals surface area contributed by atoms with Crippen molar-refractivity contribution in [2.45, 2.75) is 25.7 Å². The monoisotopic (exact) mass is 256 g/mol. The largest absolute Gasteiger partial charge is 0.364 e. The van der Waals surface area contributed by atoms with Gasteiger partial charge in [-0.15, -0.1) is 0 Å². The minimum Gasteiger partial charge on any atom is -0.364 e. The molecule has 0 radical (unpaired) electrons. The average molecular weight is 257 g/mol. The molecule has 2 rings (SSSR count). The summed E-state index contributed by atoms with van der Waals surface area (Å²) in [6, 6.07) is 0. The molecule has 6 nitrogen and oxygen atoms in total. The molecule has 1 aromatic heterocycles. The van der Waals surface area contributed by atoms with E-state index >= 15 is 0 Å². The Kier molecular flexibility index (Phi) is 3.73. The van der Waals surface area contributed by atoms with Crippen LogP contribution in [0.4, 0.5) is 11.5 Å². The highest BCUT2D eigenvalue weighted by Crippen LogP contribution is 2.33. The molecule has 0 unspecified atom stereocenters. The molecule has 92 valence electrons. The second-order valence-electron chi connectivity index (χ2n) is 4.13. The predicted octanol–water partition coefficient (Wildman–Crippen LogP) is 2.64. The third-order valence-electron chi connectivity index (χ3n) is 2.74. The fourth-order valence-corrected chi connectivity index (χ4v) is 1.85. The summed E-state index contributed by atoms with van der Waals surface area (Å²) in [7, 11) is 0. The minimum atomic E-state index is -0.564. The van der Waals surface area contributed by atoms with E-state index in [4.69, 9.17) is 11.6 Å². The van der Waals surface area contributed by atoms with Crippen LogP contribution in [0.25, 0.3) is 0 Å². The average Bonchev–Trinajstić information content (AvgIpc) is 3.07. The van der Waals surface area contributed by atoms with E-state index in [1.165, 1.54) is 25.6 Å². The van der Waals surface area contributed by atoms with Crippen molar-refractivity contribution < 1.29 is 4.92 Å². The predicted molar refractivity (Wildman–Crippen MR) is 64.1 cm³/mol. The summed E-state index contributed by atoms with van der Waals surface area (Å²) in [4.78, 5) is 17.7. The van der Waals surface area contributed by atoms with Crippen LogP contribution in [-0.2, 0) is 0 Å². The van der Waals surface area contributed by atoms with E-state index in [-0.39, 0.29) is 16.7 Å². The minimum absolute atomic E-state index is 0.130. The molecule has 0 aliphatic heterocycles. The summed E-state index contributed by atoms with van der Waals surface area (Å²) in [6.45, 7) is 0.671. The first kappa shape index (κ1) is 12.0. The number of nitrogens with zero attached hydrogens (tertiary/aromatic N) is 3. The summed E-state index contributed by atoms with van der Waals surface area (Å²) in [5.41, 5.74) is -0.249. The van der Waals surface area contributed by atoms with Gasteiger partial charge < -0.3 is 5.32 Å². The number of hydrogen-bond acceptors (Lipinski definition) is 5. The van der Waals surface area contributed by atoms with Crippen LogP contribution < -0.4 is 5.32 Å². The van der Waals surface area contributed by atoms with Gasteiger partial charge in [0.2, 0.25) is 11.0 Å². The molecule has 1 aromatic rings. The second kappa shape index (κ2) is 5.27. The van der Waals surface area contributed by atoms with E-state index in [0.717, 1.165) is 12.3 Å². The zero-order valence-corrected chi connectivity index (χ0v) is 9.98. The summed E-state index contributed by atoms with van der Waals surface area (Å²) < 4.78 is 0. The van der Waals surface area contributed by atoms with Crippen molar-refractivity contribution in [1.82, 2.24) is 9.97 Å². The van der Waals surface area contributed by atoms with Crippen LogP contribution >= 0.6 is 11.6 Å². The molecule has 1 N–H and O–H groups in total. The SMILES string of the molecule is O=[N+]([O-])c1c(Cl)ncnc1NCCCC1CC1. The molecule has 1 aliphatic rings. The fourth-order valence-electron chi connectivity index (χ4n) is 1.65. The van der Waals surface area contributed by atoms with Crippen LogP contribution in [-0.4, -0.2) is 21.4 Å². The number of aromatic nitrogens is 2. The van der Waals surface area contributed by atoms with Gasteiger partial charge in [-0.05, 0) is 18.8 Å². The highest BCUT2D eigenvalue weighted by molar-refractivity contribution is 6.31. The van der Waals surface area contributed by atoms with E-state index in [0.29, 0.717) is 6.54 Å². The van der Waals surface area contributed by atoms with Crippen molar-refractivity contribution in [1.29, 1.82) is 0 Å². The van der Waals surface area contributed by atoms with E-state index in [1.54, 1.807) is 0 Å². The van der Waals surface area contributed by atoms with Crippen molar-refractivity contribution in [3.05, 3.63) is 21.6 Å². The van der Waals surface area contributed by atoms with Crippen LogP contribution in [0.5, 0.6) is 0 Å². The Morgan fingerprint density at radius 1 is 1.53 bits per heavy atom. The van der Waals surface area contributed by atoms with Gasteiger partial charge in [-0.2, -0.15) is 0 Å². The maximum atomic E-state index is 10.8. The summed E-state index contributed by atoms with van der Waals surface area (Å²) >= 11 is 5.66. The van der Waals surface area contributed by atoms with Gasteiger partial charge in [-0.1, -0.05) is 24.4 Å². The Hall–Kier alpha value is -1.43. The number of rotatable bonds is 6. The lowest BCUT2D eigenvalue weighted by Gasteiger charge is -2.05. The summed E-state index contributed by atoms with van der Waals surface area (Å²) in [6.07, 6.45) is 6.01. The molecule has 0 amide bonds. The lowest BCUT2D eigenvalue weighted by atomic mass is 10.2. The van der Waals surface area contributed by atoms with Crippen molar-refractivity contribution in [2.75, 3.05) is 11.9 Å². The topological polar surface area (TPSA) is 81.0 Å². The Balaban J connectivity index is 1.93. The van der Waals surface area contributed by atoms with Gasteiger partial charge in [0.25, 0.3) is 0 Å². The Morgan fingerprint density at radius 3 is 2.94 bits per heavy atom. The van der Waals surface area contributed by atoms with E-state index in [9.17, 15) is 10.1 Å². The third kappa shape index (κ3) is 3.26. The van der Waals surface area contributed by atoms with Crippen LogP contribution in [0.15, 0.2) is 6.33 Å². The van der Waals surface area contributed by atoms with Crippen LogP contribution in [0.3, 0.4) is 0 Å². The van der Waals surface area contributed by atoms with Gasteiger partial charge in [-0.3, -0.25) is 10.1 Å². The standard InChI is InChI=1S/C10H13ClN4O2/c11-9-8(15(16)17)10(14-6-13-9)12-5-1-2-7-3-4-7/h6-7H,1-5H2,(H,12,13,14). The molecular weight excluding hydrogens is 244 g/mol. The van der Waals surface area contributed by atoms with Crippen molar-refractivity contribution in [3.8, 4) is 0 Å². The number of anilines is 1. The lowest BCUT2D eigenvalue weighted by Crippen LogP contribution is -2.07. The molecule has 0 bridgehead atoms. The molecule has 17 heavy (non-hydrogen) atoms. The van der Waals surface area contributed by atoms with E-state index in [1.807, 2.05) is 0 Å². The smallest absolute Gasteiger partial charge is 0.348 e. The molecular formula is C10H13ClN4O2. The quantitative estimate of drug-likeness (QED) is 0.366. The Bertz CT molecular complexity index is 423. The number of nitrogens with one attached hydrogen (secondary N) is 1. The van der Waals surface area contributed by atoms with Crippen LogP contribution in [0, 0.1) is 16.0 Å². The molecule has 1 aliphatic carbocycles. The second-order valence-corrected chi connectivity index (χ2v) is 4.49. The number of nitro groups is 1. The highest BCUT2D eigenvalue weighted by atomic mass is 35.5. The molecule has 0 spiro atoms. The normalized spacial score (nSPS) is 14.6. The van der Waals surface area contributed by atoms with Crippen LogP contribution in [0.2, 0.25) is 5.15 Å². The maximum absolute atomic E-state index is 10.8. The van der Waals surface area contributed by atoms with E-state index in [2.05, 4.69) is 15.3 Å². The van der Waals surface area contributed by atoms with Gasteiger partial charge in [0.1, 0.15) is 6.33 Å². The highest BCUT2D eigenvalue weighted by Gasteiger charge is 2.22. The maximum Gasteiger partial charge on any atom is 0.348 e. The third-order valence-corrected chi connectivity index (χ3v) is 3.02. The molecule has 0 atom stereocenters. The van der Waals surface area contributed by atoms with Gasteiger partial charge in [0.15, 0.2) is 0 Å². The van der Waals surface area contributed by atoms with Gasteiger partial charge in [0, 0.05) is 6.54 Å². The van der Waals surface area contributed by atoms with Gasteiger partial charge in [-0.25, -0.2) is 9.97 Å². The fraction of sp³-hybridized carbons (Fsp3) is 0.600. The first-order valence-electron chi connectivity index (χ1n) is 5.57. The first-order valence-corrected chi connectivity index (χ1v) is 5.95. The zero-order chi connectivity index (χ0) is 12.3. The van der Waals surface area contributed by atoms with Crippen molar-refractivity contribution in [3.63, 3.8) is 0 Å². The molecule has 0 saturated heterocycles. The summed E-state index contributed by atoms with van der Waals surface area (Å²) in [5.74, 6) is 1.06. The molecule has 1 saturated carbocycles. The van der Waals surface area contributed by atoms with Crippen molar-refractivity contribution >= 4 is 23.1 Å². The number of halogens is 1. The zero-order valence-electron chi connectivity index (χ0n) is 9.23. The molecule has 0 aromatic carbocycles.